The predicted octanol–water partition coefficient (Wildman–Crippen LogP) is 1.89. The molecule has 1 aromatic carbocycles. The molecule has 116 valence electrons. The summed E-state index contributed by atoms with van der Waals surface area (Å²) in [5.74, 6) is 0. The third-order valence-corrected chi connectivity index (χ3v) is 4.81. The van der Waals surface area contributed by atoms with Crippen LogP contribution in [-0.2, 0) is 10.0 Å². The van der Waals surface area contributed by atoms with Crippen LogP contribution < -0.4 is 10.6 Å². The number of anilines is 1. The van der Waals surface area contributed by atoms with Crippen molar-refractivity contribution in [1.29, 1.82) is 0 Å². The number of rotatable bonds is 3. The molecular weight excluding hydrogens is 314 g/mol. The average molecular weight is 332 g/mol. The molecule has 1 saturated heterocycles. The lowest BCUT2D eigenvalue weighted by atomic mass is 10.1. The molecule has 0 spiro atoms. The summed E-state index contributed by atoms with van der Waals surface area (Å²) in [4.78, 5) is 11.9. The van der Waals surface area contributed by atoms with Gasteiger partial charge in [-0.3, -0.25) is 0 Å². The number of hydrogen-bond donors (Lipinski definition) is 2. The lowest BCUT2D eigenvalue weighted by molar-refractivity contribution is 0.236. The van der Waals surface area contributed by atoms with Gasteiger partial charge < -0.3 is 10.6 Å². The van der Waals surface area contributed by atoms with E-state index in [1.165, 1.54) is 10.6 Å². The highest BCUT2D eigenvalue weighted by Gasteiger charge is 2.26. The topological polar surface area (TPSA) is 78.5 Å². The van der Waals surface area contributed by atoms with Crippen molar-refractivity contribution in [3.8, 4) is 0 Å². The molecule has 0 aromatic heterocycles. The van der Waals surface area contributed by atoms with Crippen molar-refractivity contribution < 1.29 is 13.2 Å². The Morgan fingerprint density at radius 2 is 2.00 bits per heavy atom. The fraction of sp³-hybridized carbons (Fsp3) is 0.462. The summed E-state index contributed by atoms with van der Waals surface area (Å²) in [5, 5.41) is 6.08. The Hall–Kier alpha value is -1.31. The second kappa shape index (κ2) is 6.64. The molecular formula is C13H18ClN3O3S. The first-order chi connectivity index (χ1) is 9.84. The van der Waals surface area contributed by atoms with Crippen LogP contribution in [0.1, 0.15) is 12.8 Å². The smallest absolute Gasteiger partial charge is 0.319 e. The van der Waals surface area contributed by atoms with Gasteiger partial charge in [0.2, 0.25) is 10.0 Å². The zero-order chi connectivity index (χ0) is 15.5. The third-order valence-electron chi connectivity index (χ3n) is 3.29. The maximum atomic E-state index is 11.9. The predicted molar refractivity (Wildman–Crippen MR) is 83.0 cm³/mol. The van der Waals surface area contributed by atoms with E-state index in [1.807, 2.05) is 0 Å². The quantitative estimate of drug-likeness (QED) is 0.887. The first-order valence-corrected chi connectivity index (χ1v) is 8.85. The summed E-state index contributed by atoms with van der Waals surface area (Å²) in [6.07, 6.45) is 2.68. The Bertz CT molecular complexity index is 604. The number of urea groups is 1. The molecule has 1 aromatic rings. The first kappa shape index (κ1) is 16.1. The zero-order valence-electron chi connectivity index (χ0n) is 11.7. The highest BCUT2D eigenvalue weighted by atomic mass is 35.5. The Labute approximate surface area is 129 Å². The number of carbonyl (C=O) groups excluding carboxylic acids is 1. The number of hydrogen-bond acceptors (Lipinski definition) is 3. The summed E-state index contributed by atoms with van der Waals surface area (Å²) in [7, 11) is -3.21. The first-order valence-electron chi connectivity index (χ1n) is 6.63. The minimum atomic E-state index is -3.21. The summed E-state index contributed by atoms with van der Waals surface area (Å²) in [6.45, 7) is 0.822. The minimum Gasteiger partial charge on any atom is -0.334 e. The van der Waals surface area contributed by atoms with Crippen LogP contribution in [0.2, 0.25) is 5.02 Å². The fourth-order valence-corrected chi connectivity index (χ4v) is 3.28. The van der Waals surface area contributed by atoms with E-state index >= 15 is 0 Å². The van der Waals surface area contributed by atoms with E-state index in [2.05, 4.69) is 10.6 Å². The highest BCUT2D eigenvalue weighted by molar-refractivity contribution is 7.88. The van der Waals surface area contributed by atoms with Gasteiger partial charge in [0.15, 0.2) is 0 Å². The van der Waals surface area contributed by atoms with E-state index in [4.69, 9.17) is 11.6 Å². The van der Waals surface area contributed by atoms with Crippen molar-refractivity contribution in [2.75, 3.05) is 24.7 Å². The molecule has 1 aliphatic rings. The van der Waals surface area contributed by atoms with Crippen molar-refractivity contribution in [3.05, 3.63) is 29.3 Å². The lowest BCUT2D eigenvalue weighted by Gasteiger charge is -2.31. The van der Waals surface area contributed by atoms with Gasteiger partial charge in [-0.25, -0.2) is 17.5 Å². The van der Waals surface area contributed by atoms with E-state index in [0.717, 1.165) is 12.8 Å². The van der Waals surface area contributed by atoms with E-state index < -0.39 is 10.0 Å². The molecule has 6 nitrogen and oxygen atoms in total. The molecule has 0 aliphatic carbocycles. The Morgan fingerprint density at radius 3 is 2.62 bits per heavy atom. The van der Waals surface area contributed by atoms with Crippen LogP contribution in [0, 0.1) is 0 Å². The van der Waals surface area contributed by atoms with Crippen molar-refractivity contribution in [2.45, 2.75) is 18.9 Å². The fourth-order valence-electron chi connectivity index (χ4n) is 2.25. The van der Waals surface area contributed by atoms with Crippen molar-refractivity contribution >= 4 is 33.3 Å². The van der Waals surface area contributed by atoms with Crippen LogP contribution in [0.15, 0.2) is 24.3 Å². The molecule has 1 fully saturated rings. The van der Waals surface area contributed by atoms with Gasteiger partial charge in [-0.15, -0.1) is 0 Å². The maximum absolute atomic E-state index is 11.9. The van der Waals surface area contributed by atoms with Gasteiger partial charge in [-0.2, -0.15) is 0 Å². The number of amides is 2. The van der Waals surface area contributed by atoms with Crippen molar-refractivity contribution in [1.82, 2.24) is 9.62 Å². The van der Waals surface area contributed by atoms with Crippen molar-refractivity contribution in [2.24, 2.45) is 0 Å². The lowest BCUT2D eigenvalue weighted by Crippen LogP contribution is -2.50. The molecule has 2 rings (SSSR count). The highest BCUT2D eigenvalue weighted by Crippen LogP contribution is 2.15. The Kier molecular flexibility index (Phi) is 5.08. The molecule has 2 amide bonds. The Balaban J connectivity index is 1.89. The van der Waals surface area contributed by atoms with Crippen LogP contribution in [0.4, 0.5) is 10.5 Å². The number of nitrogens with one attached hydrogen (secondary N) is 2. The molecule has 2 N–H and O–H groups in total. The number of piperidine rings is 1. The summed E-state index contributed by atoms with van der Waals surface area (Å²) < 4.78 is 24.4. The van der Waals surface area contributed by atoms with Gasteiger partial charge in [0.1, 0.15) is 0 Å². The molecule has 1 aliphatic heterocycles. The van der Waals surface area contributed by atoms with Crippen LogP contribution in [0.5, 0.6) is 0 Å². The summed E-state index contributed by atoms with van der Waals surface area (Å²) in [6, 6.07) is 6.24. The number of sulfonamides is 1. The SMILES string of the molecule is CS(=O)(=O)N1CCC[C@@H](NC(=O)Nc2ccc(Cl)cc2)C1. The van der Waals surface area contributed by atoms with Crippen LogP contribution in [-0.4, -0.2) is 44.1 Å². The van der Waals surface area contributed by atoms with Crippen LogP contribution >= 0.6 is 11.6 Å². The van der Waals surface area contributed by atoms with Gasteiger partial charge in [-0.1, -0.05) is 11.6 Å². The van der Waals surface area contributed by atoms with E-state index in [0.29, 0.717) is 23.8 Å². The maximum Gasteiger partial charge on any atom is 0.319 e. The largest absolute Gasteiger partial charge is 0.334 e. The molecule has 0 unspecified atom stereocenters. The average Bonchev–Trinajstić information content (AvgIpc) is 2.41. The molecule has 0 bridgehead atoms. The normalized spacial score (nSPS) is 20.0. The monoisotopic (exact) mass is 331 g/mol. The summed E-state index contributed by atoms with van der Waals surface area (Å²) >= 11 is 5.77. The molecule has 0 saturated carbocycles. The van der Waals surface area contributed by atoms with Gasteiger partial charge in [-0.05, 0) is 37.1 Å². The molecule has 1 atom stereocenters. The van der Waals surface area contributed by atoms with Gasteiger partial charge in [0, 0.05) is 29.8 Å². The standard InChI is InChI=1S/C13H18ClN3O3S/c1-21(19,20)17-8-2-3-12(9-17)16-13(18)15-11-6-4-10(14)5-7-11/h4-7,12H,2-3,8-9H2,1H3,(H2,15,16,18)/t12-/m1/s1. The minimum absolute atomic E-state index is 0.180. The number of halogens is 1. The van der Waals surface area contributed by atoms with Gasteiger partial charge >= 0.3 is 6.03 Å². The van der Waals surface area contributed by atoms with E-state index in [9.17, 15) is 13.2 Å². The second-order valence-corrected chi connectivity index (χ2v) is 7.48. The third kappa shape index (κ3) is 4.87. The Morgan fingerprint density at radius 1 is 1.33 bits per heavy atom. The molecule has 1 heterocycles. The van der Waals surface area contributed by atoms with E-state index in [1.54, 1.807) is 24.3 Å². The number of benzene rings is 1. The molecule has 8 heteroatoms. The zero-order valence-corrected chi connectivity index (χ0v) is 13.2. The van der Waals surface area contributed by atoms with Crippen LogP contribution in [0.25, 0.3) is 0 Å². The molecule has 21 heavy (non-hydrogen) atoms. The van der Waals surface area contributed by atoms with E-state index in [-0.39, 0.29) is 12.1 Å². The molecule has 0 radical (unpaired) electrons. The van der Waals surface area contributed by atoms with Crippen molar-refractivity contribution in [3.63, 3.8) is 0 Å². The number of nitrogens with zero attached hydrogens (tertiary/aromatic N) is 1. The van der Waals surface area contributed by atoms with Crippen LogP contribution in [0.3, 0.4) is 0 Å². The summed E-state index contributed by atoms with van der Waals surface area (Å²) in [5.41, 5.74) is 0.632. The number of carbonyl (C=O) groups is 1. The van der Waals surface area contributed by atoms with Gasteiger partial charge in [0.25, 0.3) is 0 Å². The second-order valence-electron chi connectivity index (χ2n) is 5.07. The van der Waals surface area contributed by atoms with Gasteiger partial charge in [0.05, 0.1) is 6.26 Å².